The average Bonchev–Trinajstić information content (AvgIpc) is 3.16. The number of nitrogens with one attached hydrogen (secondary N) is 2. The van der Waals surface area contributed by atoms with Gasteiger partial charge in [-0.1, -0.05) is 12.1 Å². The molecule has 0 bridgehead atoms. The number of hydrogen-bond acceptors (Lipinski definition) is 4. The molecule has 1 aliphatic heterocycles. The van der Waals surface area contributed by atoms with Crippen molar-refractivity contribution in [3.05, 3.63) is 48.2 Å². The van der Waals surface area contributed by atoms with Crippen molar-refractivity contribution in [2.75, 3.05) is 30.4 Å². The van der Waals surface area contributed by atoms with E-state index in [0.29, 0.717) is 17.5 Å². The van der Waals surface area contributed by atoms with Crippen LogP contribution >= 0.6 is 12.2 Å². The first-order chi connectivity index (χ1) is 11.7. The molecule has 1 aromatic heterocycles. The van der Waals surface area contributed by atoms with Crippen LogP contribution in [0.3, 0.4) is 0 Å². The lowest BCUT2D eigenvalue weighted by atomic mass is 10.2. The summed E-state index contributed by atoms with van der Waals surface area (Å²) >= 11 is 5.32. The molecule has 2 aromatic rings. The summed E-state index contributed by atoms with van der Waals surface area (Å²) in [4.78, 5) is 6.57. The van der Waals surface area contributed by atoms with Gasteiger partial charge < -0.3 is 20.3 Å². The van der Waals surface area contributed by atoms with Crippen LogP contribution in [0.15, 0.2) is 42.6 Å². The zero-order valence-corrected chi connectivity index (χ0v) is 14.6. The van der Waals surface area contributed by atoms with Gasteiger partial charge in [-0.15, -0.1) is 0 Å². The zero-order chi connectivity index (χ0) is 16.8. The minimum atomic E-state index is 0.575. The summed E-state index contributed by atoms with van der Waals surface area (Å²) in [6, 6.07) is 12.3. The van der Waals surface area contributed by atoms with Crippen LogP contribution in [0.25, 0.3) is 0 Å². The standard InChI is InChI=1S/C18H22N4OS/c1-23-17-9-6-15(13-19-17)21-18(24)20-12-14-4-7-16(8-5-14)22-10-2-3-11-22/h4-9,13H,2-3,10-12H2,1H3,(H2,20,21,24). The van der Waals surface area contributed by atoms with Crippen LogP contribution in [0, 0.1) is 0 Å². The predicted molar refractivity (Wildman–Crippen MR) is 102 cm³/mol. The summed E-state index contributed by atoms with van der Waals surface area (Å²) in [7, 11) is 1.59. The van der Waals surface area contributed by atoms with Gasteiger partial charge in [-0.3, -0.25) is 0 Å². The maximum absolute atomic E-state index is 5.32. The topological polar surface area (TPSA) is 49.4 Å². The van der Waals surface area contributed by atoms with E-state index in [-0.39, 0.29) is 0 Å². The fraction of sp³-hybridized carbons (Fsp3) is 0.333. The van der Waals surface area contributed by atoms with Crippen molar-refractivity contribution in [3.63, 3.8) is 0 Å². The number of methoxy groups -OCH3 is 1. The van der Waals surface area contributed by atoms with Gasteiger partial charge in [-0.25, -0.2) is 4.98 Å². The van der Waals surface area contributed by atoms with Crippen molar-refractivity contribution < 1.29 is 4.74 Å². The van der Waals surface area contributed by atoms with Crippen LogP contribution < -0.4 is 20.3 Å². The molecule has 1 saturated heterocycles. The number of hydrogen-bond donors (Lipinski definition) is 2. The van der Waals surface area contributed by atoms with Crippen molar-refractivity contribution in [3.8, 4) is 5.88 Å². The van der Waals surface area contributed by atoms with Crippen LogP contribution in [0.4, 0.5) is 11.4 Å². The third-order valence-electron chi connectivity index (χ3n) is 4.06. The van der Waals surface area contributed by atoms with E-state index in [2.05, 4.69) is 44.8 Å². The molecule has 24 heavy (non-hydrogen) atoms. The molecule has 5 nitrogen and oxygen atoms in total. The molecule has 0 aliphatic carbocycles. The largest absolute Gasteiger partial charge is 0.481 e. The van der Waals surface area contributed by atoms with Gasteiger partial charge in [0.2, 0.25) is 5.88 Å². The van der Waals surface area contributed by atoms with E-state index in [1.807, 2.05) is 6.07 Å². The van der Waals surface area contributed by atoms with E-state index < -0.39 is 0 Å². The fourth-order valence-corrected chi connectivity index (χ4v) is 2.92. The quantitative estimate of drug-likeness (QED) is 0.814. The maximum Gasteiger partial charge on any atom is 0.213 e. The first-order valence-corrected chi connectivity index (χ1v) is 8.54. The third-order valence-corrected chi connectivity index (χ3v) is 4.31. The van der Waals surface area contributed by atoms with Gasteiger partial charge in [-0.2, -0.15) is 0 Å². The van der Waals surface area contributed by atoms with E-state index in [0.717, 1.165) is 5.69 Å². The molecule has 0 atom stereocenters. The van der Waals surface area contributed by atoms with E-state index >= 15 is 0 Å². The van der Waals surface area contributed by atoms with Crippen LogP contribution in [0.1, 0.15) is 18.4 Å². The van der Waals surface area contributed by atoms with Gasteiger partial charge in [0, 0.05) is 31.4 Å². The number of thiocarbonyl (C=S) groups is 1. The summed E-state index contributed by atoms with van der Waals surface area (Å²) in [5.74, 6) is 0.581. The highest BCUT2D eigenvalue weighted by Gasteiger charge is 2.11. The number of benzene rings is 1. The Hall–Kier alpha value is -2.34. The second-order valence-electron chi connectivity index (χ2n) is 5.76. The molecule has 126 valence electrons. The zero-order valence-electron chi connectivity index (χ0n) is 13.8. The SMILES string of the molecule is COc1ccc(NC(=S)NCc2ccc(N3CCCC3)cc2)cn1. The lowest BCUT2D eigenvalue weighted by molar-refractivity contribution is 0.398. The summed E-state index contributed by atoms with van der Waals surface area (Å²) in [6.07, 6.45) is 4.28. The van der Waals surface area contributed by atoms with Gasteiger partial charge in [0.25, 0.3) is 0 Å². The molecule has 1 aliphatic rings. The fourth-order valence-electron chi connectivity index (χ4n) is 2.73. The van der Waals surface area contributed by atoms with Crippen LogP contribution in [0.5, 0.6) is 5.88 Å². The Morgan fingerprint density at radius 2 is 1.92 bits per heavy atom. The van der Waals surface area contributed by atoms with E-state index in [1.54, 1.807) is 19.4 Å². The minimum Gasteiger partial charge on any atom is -0.481 e. The molecular formula is C18H22N4OS. The average molecular weight is 342 g/mol. The Balaban J connectivity index is 1.48. The second-order valence-corrected chi connectivity index (χ2v) is 6.17. The Morgan fingerprint density at radius 1 is 1.17 bits per heavy atom. The van der Waals surface area contributed by atoms with Crippen molar-refractivity contribution in [2.45, 2.75) is 19.4 Å². The van der Waals surface area contributed by atoms with Crippen LogP contribution in [0.2, 0.25) is 0 Å². The Kier molecular flexibility index (Phi) is 5.48. The van der Waals surface area contributed by atoms with Gasteiger partial charge in [-0.05, 0) is 48.8 Å². The molecule has 1 fully saturated rings. The van der Waals surface area contributed by atoms with Crippen molar-refractivity contribution in [2.24, 2.45) is 0 Å². The Bertz CT molecular complexity index is 666. The number of aromatic nitrogens is 1. The number of ether oxygens (including phenoxy) is 1. The number of pyridine rings is 1. The molecule has 2 heterocycles. The van der Waals surface area contributed by atoms with E-state index in [1.165, 1.54) is 37.2 Å². The lowest BCUT2D eigenvalue weighted by Gasteiger charge is -2.18. The monoisotopic (exact) mass is 342 g/mol. The van der Waals surface area contributed by atoms with Crippen molar-refractivity contribution in [1.29, 1.82) is 0 Å². The molecule has 1 aromatic carbocycles. The number of nitrogens with zero attached hydrogens (tertiary/aromatic N) is 2. The summed E-state index contributed by atoms with van der Waals surface area (Å²) in [6.45, 7) is 3.03. The lowest BCUT2D eigenvalue weighted by Crippen LogP contribution is -2.28. The molecule has 0 unspecified atom stereocenters. The molecule has 0 spiro atoms. The predicted octanol–water partition coefficient (Wildman–Crippen LogP) is 3.18. The molecule has 0 radical (unpaired) electrons. The van der Waals surface area contributed by atoms with Crippen molar-refractivity contribution in [1.82, 2.24) is 10.3 Å². The smallest absolute Gasteiger partial charge is 0.213 e. The first kappa shape index (κ1) is 16.5. The summed E-state index contributed by atoms with van der Waals surface area (Å²) in [5.41, 5.74) is 3.34. The first-order valence-electron chi connectivity index (χ1n) is 8.13. The van der Waals surface area contributed by atoms with Gasteiger partial charge in [0.05, 0.1) is 19.0 Å². The minimum absolute atomic E-state index is 0.575. The van der Waals surface area contributed by atoms with Crippen LogP contribution in [-0.4, -0.2) is 30.3 Å². The highest BCUT2D eigenvalue weighted by molar-refractivity contribution is 7.80. The normalized spacial score (nSPS) is 13.6. The number of rotatable bonds is 5. The molecule has 0 amide bonds. The molecule has 2 N–H and O–H groups in total. The van der Waals surface area contributed by atoms with Crippen LogP contribution in [-0.2, 0) is 6.54 Å². The van der Waals surface area contributed by atoms with Gasteiger partial charge >= 0.3 is 0 Å². The Morgan fingerprint density at radius 3 is 2.54 bits per heavy atom. The molecule has 3 rings (SSSR count). The highest BCUT2D eigenvalue weighted by atomic mass is 32.1. The van der Waals surface area contributed by atoms with Gasteiger partial charge in [0.15, 0.2) is 5.11 Å². The second kappa shape index (κ2) is 7.97. The maximum atomic E-state index is 5.32. The van der Waals surface area contributed by atoms with E-state index in [9.17, 15) is 0 Å². The third kappa shape index (κ3) is 4.35. The number of anilines is 2. The summed E-state index contributed by atoms with van der Waals surface area (Å²) in [5, 5.41) is 6.90. The van der Waals surface area contributed by atoms with E-state index in [4.69, 9.17) is 17.0 Å². The van der Waals surface area contributed by atoms with Gasteiger partial charge in [0.1, 0.15) is 0 Å². The van der Waals surface area contributed by atoms with Crippen molar-refractivity contribution >= 4 is 28.7 Å². The summed E-state index contributed by atoms with van der Waals surface area (Å²) < 4.78 is 5.04. The Labute approximate surface area is 148 Å². The molecule has 6 heteroatoms. The highest BCUT2D eigenvalue weighted by Crippen LogP contribution is 2.20. The molecular weight excluding hydrogens is 320 g/mol. The molecule has 0 saturated carbocycles.